The van der Waals surface area contributed by atoms with Gasteiger partial charge in [0.1, 0.15) is 0 Å². The highest BCUT2D eigenvalue weighted by molar-refractivity contribution is 7.19. The van der Waals surface area contributed by atoms with Gasteiger partial charge in [-0.2, -0.15) is 0 Å². The van der Waals surface area contributed by atoms with Crippen LogP contribution in [0.15, 0.2) is 0 Å². The van der Waals surface area contributed by atoms with E-state index in [1.54, 1.807) is 0 Å². The first kappa shape index (κ1) is 22.7. The minimum absolute atomic E-state index is 0.182. The maximum atomic E-state index is 4.03. The summed E-state index contributed by atoms with van der Waals surface area (Å²) in [6.07, 6.45) is 0. The summed E-state index contributed by atoms with van der Waals surface area (Å²) in [5.41, 5.74) is 0.365. The Balaban J connectivity index is 3.21. The maximum Gasteiger partial charge on any atom is 0.186 e. The van der Waals surface area contributed by atoms with E-state index in [1.165, 1.54) is 0 Å². The van der Waals surface area contributed by atoms with E-state index in [9.17, 15) is 0 Å². The van der Waals surface area contributed by atoms with Gasteiger partial charge in [0.15, 0.2) is 33.6 Å². The van der Waals surface area contributed by atoms with Gasteiger partial charge in [0.05, 0.1) is 0 Å². The van der Waals surface area contributed by atoms with Gasteiger partial charge in [0.25, 0.3) is 0 Å². The van der Waals surface area contributed by atoms with E-state index in [0.29, 0.717) is 0 Å². The van der Waals surface area contributed by atoms with E-state index in [0.717, 1.165) is 0 Å². The molecule has 1 saturated heterocycles. The Morgan fingerprint density at radius 1 is 0.583 bits per heavy atom. The van der Waals surface area contributed by atoms with Crippen molar-refractivity contribution in [3.05, 3.63) is 0 Å². The van der Waals surface area contributed by atoms with Gasteiger partial charge in [-0.3, -0.25) is 0 Å². The smallest absolute Gasteiger partial charge is 0.186 e. The third-order valence-corrected chi connectivity index (χ3v) is 33.8. The van der Waals surface area contributed by atoms with Crippen molar-refractivity contribution < 1.29 is 0 Å². The average molecular weight is 405 g/mol. The highest BCUT2D eigenvalue weighted by atomic mass is 28.6. The Labute approximate surface area is 156 Å². The van der Waals surface area contributed by atoms with Crippen LogP contribution in [-0.4, -0.2) is 52.5 Å². The Morgan fingerprint density at radius 3 is 0.958 bits per heavy atom. The summed E-state index contributed by atoms with van der Waals surface area (Å²) in [7, 11) is -6.47. The molecule has 0 aromatic heterocycles. The molecule has 1 aliphatic heterocycles. The third-order valence-electron chi connectivity index (χ3n) is 4.67. The minimum Gasteiger partial charge on any atom is -0.333 e. The van der Waals surface area contributed by atoms with Crippen LogP contribution in [0, 0.1) is 0 Å². The molecule has 0 radical (unpaired) electrons. The topological polar surface area (TPSA) is 30.5 Å². The number of hydrogen-bond acceptors (Lipinski definition) is 4. The van der Waals surface area contributed by atoms with E-state index in [4.69, 9.17) is 0 Å². The Bertz CT molecular complexity index is 419. The first-order valence-electron chi connectivity index (χ1n) is 9.34. The predicted molar refractivity (Wildman–Crippen MR) is 119 cm³/mol. The zero-order valence-electron chi connectivity index (χ0n) is 18.9. The van der Waals surface area contributed by atoms with Crippen molar-refractivity contribution in [3.63, 3.8) is 0 Å². The van der Waals surface area contributed by atoms with E-state index in [1.807, 2.05) is 0 Å². The van der Waals surface area contributed by atoms with Gasteiger partial charge in [0.2, 0.25) is 0 Å². The van der Waals surface area contributed by atoms with Crippen LogP contribution in [0.4, 0.5) is 0 Å². The molecule has 24 heavy (non-hydrogen) atoms. The molecule has 0 amide bonds. The summed E-state index contributed by atoms with van der Waals surface area (Å²) in [6, 6.07) is 0. The van der Waals surface area contributed by atoms with Gasteiger partial charge >= 0.3 is 0 Å². The maximum absolute atomic E-state index is 4.03. The van der Waals surface area contributed by atoms with Crippen LogP contribution in [0.3, 0.4) is 0 Å². The fourth-order valence-electron chi connectivity index (χ4n) is 6.18. The van der Waals surface area contributed by atoms with Crippen LogP contribution in [0.2, 0.25) is 52.4 Å². The Morgan fingerprint density at radius 2 is 0.792 bits per heavy atom. The number of nitrogens with zero attached hydrogens (tertiary/aromatic N) is 2. The van der Waals surface area contributed by atoms with Crippen molar-refractivity contribution in [2.75, 3.05) is 0 Å². The zero-order valence-corrected chi connectivity index (χ0v) is 22.9. The number of rotatable bonds is 4. The molecule has 144 valence electrons. The van der Waals surface area contributed by atoms with Crippen LogP contribution < -0.4 is 9.96 Å². The van der Waals surface area contributed by atoms with Crippen molar-refractivity contribution in [1.82, 2.24) is 17.8 Å². The number of hydrogen-bond donors (Lipinski definition) is 2. The van der Waals surface area contributed by atoms with Crippen LogP contribution in [0.25, 0.3) is 0 Å². The van der Waals surface area contributed by atoms with E-state index in [2.05, 4.69) is 112 Å². The van der Waals surface area contributed by atoms with Crippen molar-refractivity contribution in [1.29, 1.82) is 0 Å². The van der Waals surface area contributed by atoms with E-state index < -0.39 is 33.6 Å². The monoisotopic (exact) mass is 404 g/mol. The molecule has 0 unspecified atom stereocenters. The van der Waals surface area contributed by atoms with Crippen molar-refractivity contribution in [2.45, 2.75) is 105 Å². The molecule has 0 aliphatic carbocycles. The van der Waals surface area contributed by atoms with E-state index >= 15 is 0 Å². The predicted octanol–water partition coefficient (Wildman–Crippen LogP) is 4.19. The Hall–Kier alpha value is 0.708. The highest BCUT2D eigenvalue weighted by Crippen LogP contribution is 2.45. The summed E-state index contributed by atoms with van der Waals surface area (Å²) >= 11 is 0. The largest absolute Gasteiger partial charge is 0.333 e. The molecule has 1 rings (SSSR count). The van der Waals surface area contributed by atoms with Gasteiger partial charge in [-0.25, -0.2) is 0 Å². The van der Waals surface area contributed by atoms with E-state index in [-0.39, 0.29) is 11.1 Å². The van der Waals surface area contributed by atoms with Crippen LogP contribution in [-0.2, 0) is 0 Å². The van der Waals surface area contributed by atoms with Gasteiger partial charge in [-0.15, -0.1) is 0 Å². The van der Waals surface area contributed by atoms with Crippen molar-refractivity contribution in [2.24, 2.45) is 0 Å². The van der Waals surface area contributed by atoms with Gasteiger partial charge in [-0.05, 0) is 93.9 Å². The second-order valence-corrected chi connectivity index (χ2v) is 29.6. The number of nitrogens with one attached hydrogen (secondary N) is 2. The fraction of sp³-hybridized carbons (Fsp3) is 1.00. The standard InChI is InChI=1S/C16H44N4Si4/c1-15(2,3)17-21(7,8)19-23(11,12)20(24(19,13)14)22(9,10)18-16(4,5)6/h17-18H,1-14H3. The zero-order chi connectivity index (χ0) is 19.6. The van der Waals surface area contributed by atoms with Crippen molar-refractivity contribution in [3.8, 4) is 0 Å². The lowest BCUT2D eigenvalue weighted by Crippen LogP contribution is -3.01. The Kier molecular flexibility index (Phi) is 5.80. The molecule has 0 saturated carbocycles. The second kappa shape index (κ2) is 6.12. The molecule has 1 fully saturated rings. The second-order valence-electron chi connectivity index (χ2n) is 11.5. The summed E-state index contributed by atoms with van der Waals surface area (Å²) < 4.78 is 6.11. The molecule has 2 N–H and O–H groups in total. The van der Waals surface area contributed by atoms with Crippen LogP contribution >= 0.6 is 0 Å². The average Bonchev–Trinajstić information content (AvgIpc) is 2.00. The quantitative estimate of drug-likeness (QED) is 0.688. The third kappa shape index (κ3) is 4.51. The summed E-state index contributed by atoms with van der Waals surface area (Å²) in [4.78, 5) is 8.06. The molecule has 1 aliphatic rings. The SMILES string of the molecule is CC(C)(C)N[Si](C)(C)N1[Si](C)(C)N([Si](C)(C)NC(C)(C)C)[Si]1(C)C. The molecular weight excluding hydrogens is 361 g/mol. The minimum atomic E-state index is -1.65. The lowest BCUT2D eigenvalue weighted by atomic mass is 10.1. The highest BCUT2D eigenvalue weighted by Gasteiger charge is 2.69. The van der Waals surface area contributed by atoms with Crippen LogP contribution in [0.5, 0.6) is 0 Å². The normalized spacial score (nSPS) is 23.2. The molecule has 0 aromatic carbocycles. The fourth-order valence-corrected chi connectivity index (χ4v) is 47.3. The lowest BCUT2D eigenvalue weighted by molar-refractivity contribution is 0.469. The molecule has 0 bridgehead atoms. The molecule has 0 atom stereocenters. The lowest BCUT2D eigenvalue weighted by Gasteiger charge is -2.75. The first-order valence-corrected chi connectivity index (χ1v) is 21.0. The molecule has 1 heterocycles. The van der Waals surface area contributed by atoms with Gasteiger partial charge in [-0.1, -0.05) is 0 Å². The van der Waals surface area contributed by atoms with Gasteiger partial charge in [0, 0.05) is 11.1 Å². The molecule has 8 heteroatoms. The first-order chi connectivity index (χ1) is 10.1. The molecule has 4 nitrogen and oxygen atoms in total. The summed E-state index contributed by atoms with van der Waals surface area (Å²) in [5, 5.41) is 0. The molecule has 0 aromatic rings. The van der Waals surface area contributed by atoms with Crippen molar-refractivity contribution >= 4 is 33.6 Å². The summed E-state index contributed by atoms with van der Waals surface area (Å²) in [5.74, 6) is 0. The van der Waals surface area contributed by atoms with Gasteiger partial charge < -0.3 is 17.8 Å². The van der Waals surface area contributed by atoms with Crippen LogP contribution in [0.1, 0.15) is 41.5 Å². The molecule has 0 spiro atoms. The molecular formula is C16H44N4Si4. The summed E-state index contributed by atoms with van der Waals surface area (Å²) in [6.45, 7) is 34.2.